The second-order valence-corrected chi connectivity index (χ2v) is 3.73. The van der Waals surface area contributed by atoms with Gasteiger partial charge in [0.1, 0.15) is 0 Å². The third-order valence-electron chi connectivity index (χ3n) is 2.44. The Morgan fingerprint density at radius 2 is 2.06 bits per heavy atom. The van der Waals surface area contributed by atoms with Crippen molar-refractivity contribution in [3.63, 3.8) is 0 Å². The van der Waals surface area contributed by atoms with Gasteiger partial charge in [0.25, 0.3) is 5.69 Å². The largest absolute Gasteiger partial charge is 0.333 e. The number of benzene rings is 1. The highest BCUT2D eigenvalue weighted by Crippen LogP contribution is 2.21. The molecule has 1 heterocycles. The van der Waals surface area contributed by atoms with Crippen LogP contribution in [0.5, 0.6) is 0 Å². The lowest BCUT2D eigenvalue weighted by Crippen LogP contribution is -2.27. The van der Waals surface area contributed by atoms with E-state index in [4.69, 9.17) is 0 Å². The summed E-state index contributed by atoms with van der Waals surface area (Å²) in [5, 5.41) is 13.2. The number of non-ortho nitro benzene ring substituents is 1. The van der Waals surface area contributed by atoms with Gasteiger partial charge in [-0.3, -0.25) is 15.0 Å². The monoisotopic (exact) mass is 221 g/mol. The molecule has 0 saturated carbocycles. The van der Waals surface area contributed by atoms with Gasteiger partial charge in [-0.15, -0.1) is 0 Å². The Morgan fingerprint density at radius 3 is 2.50 bits per heavy atom. The number of hydrogen-bond donors (Lipinski definition) is 1. The fraction of sp³-hybridized carbons (Fsp3) is 0.300. The normalized spacial score (nSPS) is 19.7. The number of urea groups is 1. The maximum absolute atomic E-state index is 11.5. The van der Waals surface area contributed by atoms with Crippen LogP contribution in [0.3, 0.4) is 0 Å². The number of nitrogens with zero attached hydrogens (tertiary/aromatic N) is 2. The highest BCUT2D eigenvalue weighted by molar-refractivity contribution is 5.94. The van der Waals surface area contributed by atoms with Gasteiger partial charge in [0.15, 0.2) is 0 Å². The molecule has 1 aromatic carbocycles. The molecule has 1 aromatic rings. The number of nitrogens with one attached hydrogen (secondary N) is 1. The Kier molecular flexibility index (Phi) is 2.47. The third-order valence-corrected chi connectivity index (χ3v) is 2.44. The van der Waals surface area contributed by atoms with Crippen LogP contribution in [0.15, 0.2) is 24.3 Å². The average Bonchev–Trinajstić information content (AvgIpc) is 2.58. The maximum atomic E-state index is 11.5. The van der Waals surface area contributed by atoms with Gasteiger partial charge in [0, 0.05) is 30.4 Å². The summed E-state index contributed by atoms with van der Waals surface area (Å²) in [7, 11) is 0. The Morgan fingerprint density at radius 1 is 1.44 bits per heavy atom. The van der Waals surface area contributed by atoms with E-state index in [0.29, 0.717) is 12.2 Å². The summed E-state index contributed by atoms with van der Waals surface area (Å²) >= 11 is 0. The summed E-state index contributed by atoms with van der Waals surface area (Å²) in [4.78, 5) is 23.0. The lowest BCUT2D eigenvalue weighted by atomic mass is 10.2. The number of anilines is 1. The SMILES string of the molecule is C[C@H]1CN(c2ccc([N+](=O)[O-])cc2)C(=O)N1. The van der Waals surface area contributed by atoms with Gasteiger partial charge in [-0.2, -0.15) is 0 Å². The minimum atomic E-state index is -0.462. The highest BCUT2D eigenvalue weighted by Gasteiger charge is 2.26. The second kappa shape index (κ2) is 3.80. The van der Waals surface area contributed by atoms with Gasteiger partial charge >= 0.3 is 6.03 Å². The molecule has 0 aliphatic carbocycles. The molecule has 6 nitrogen and oxygen atoms in total. The molecular weight excluding hydrogens is 210 g/mol. The van der Waals surface area contributed by atoms with Crippen molar-refractivity contribution < 1.29 is 9.72 Å². The van der Waals surface area contributed by atoms with Crippen LogP contribution in [0.25, 0.3) is 0 Å². The van der Waals surface area contributed by atoms with Gasteiger partial charge in [0.05, 0.1) is 4.92 Å². The summed E-state index contributed by atoms with van der Waals surface area (Å²) in [5.74, 6) is 0. The fourth-order valence-corrected chi connectivity index (χ4v) is 1.67. The van der Waals surface area contributed by atoms with Gasteiger partial charge in [-0.05, 0) is 19.1 Å². The number of carbonyl (C=O) groups excluding carboxylic acids is 1. The van der Waals surface area contributed by atoms with Crippen LogP contribution < -0.4 is 10.2 Å². The molecule has 84 valence electrons. The molecule has 0 bridgehead atoms. The van der Waals surface area contributed by atoms with Crippen molar-refractivity contribution in [2.45, 2.75) is 13.0 Å². The Hall–Kier alpha value is -2.11. The van der Waals surface area contributed by atoms with E-state index in [1.165, 1.54) is 12.1 Å². The average molecular weight is 221 g/mol. The molecule has 2 rings (SSSR count). The number of rotatable bonds is 2. The number of amides is 2. The molecule has 0 aromatic heterocycles. The van der Waals surface area contributed by atoms with E-state index in [9.17, 15) is 14.9 Å². The molecule has 0 radical (unpaired) electrons. The first-order valence-corrected chi connectivity index (χ1v) is 4.90. The van der Waals surface area contributed by atoms with Crippen molar-refractivity contribution in [3.8, 4) is 0 Å². The van der Waals surface area contributed by atoms with Gasteiger partial charge in [-0.25, -0.2) is 4.79 Å². The van der Waals surface area contributed by atoms with Crippen LogP contribution >= 0.6 is 0 Å². The molecule has 1 aliphatic rings. The standard InChI is InChI=1S/C10H11N3O3/c1-7-6-12(10(14)11-7)8-2-4-9(5-3-8)13(15)16/h2-5,7H,6H2,1H3,(H,11,14)/t7-/m0/s1. The molecular formula is C10H11N3O3. The molecule has 0 spiro atoms. The van der Waals surface area contributed by atoms with Gasteiger partial charge < -0.3 is 5.32 Å². The smallest absolute Gasteiger partial charge is 0.322 e. The van der Waals surface area contributed by atoms with E-state index in [2.05, 4.69) is 5.32 Å². The first kappa shape index (κ1) is 10.4. The lowest BCUT2D eigenvalue weighted by molar-refractivity contribution is -0.384. The second-order valence-electron chi connectivity index (χ2n) is 3.73. The molecule has 6 heteroatoms. The predicted molar refractivity (Wildman–Crippen MR) is 58.4 cm³/mol. The third kappa shape index (κ3) is 1.81. The van der Waals surface area contributed by atoms with Crippen LogP contribution in [0.2, 0.25) is 0 Å². The van der Waals surface area contributed by atoms with Crippen molar-refractivity contribution in [3.05, 3.63) is 34.4 Å². The molecule has 1 N–H and O–H groups in total. The number of nitro groups is 1. The Balaban J connectivity index is 2.22. The molecule has 0 unspecified atom stereocenters. The fourth-order valence-electron chi connectivity index (χ4n) is 1.67. The Bertz CT molecular complexity index is 429. The van der Waals surface area contributed by atoms with E-state index < -0.39 is 4.92 Å². The van der Waals surface area contributed by atoms with Crippen molar-refractivity contribution in [2.75, 3.05) is 11.4 Å². The molecule has 1 aliphatic heterocycles. The van der Waals surface area contributed by atoms with Crippen molar-refractivity contribution in [1.82, 2.24) is 5.32 Å². The highest BCUT2D eigenvalue weighted by atomic mass is 16.6. The van der Waals surface area contributed by atoms with Crippen LogP contribution in [0.4, 0.5) is 16.2 Å². The van der Waals surface area contributed by atoms with Crippen LogP contribution in [0, 0.1) is 10.1 Å². The molecule has 1 fully saturated rings. The lowest BCUT2D eigenvalue weighted by Gasteiger charge is -2.13. The molecule has 2 amide bonds. The van der Waals surface area contributed by atoms with E-state index in [1.54, 1.807) is 17.0 Å². The molecule has 1 saturated heterocycles. The predicted octanol–water partition coefficient (Wildman–Crippen LogP) is 1.51. The minimum absolute atomic E-state index is 0.0244. The zero-order valence-corrected chi connectivity index (χ0v) is 8.71. The summed E-state index contributed by atoms with van der Waals surface area (Å²) < 4.78 is 0. The van der Waals surface area contributed by atoms with Gasteiger partial charge in [-0.1, -0.05) is 0 Å². The van der Waals surface area contributed by atoms with Crippen molar-refractivity contribution in [1.29, 1.82) is 0 Å². The zero-order chi connectivity index (χ0) is 11.7. The van der Waals surface area contributed by atoms with Crippen LogP contribution in [-0.2, 0) is 0 Å². The van der Waals surface area contributed by atoms with Crippen molar-refractivity contribution >= 4 is 17.4 Å². The summed E-state index contributed by atoms with van der Waals surface area (Å²) in [6.07, 6.45) is 0. The van der Waals surface area contributed by atoms with Crippen LogP contribution in [-0.4, -0.2) is 23.5 Å². The van der Waals surface area contributed by atoms with E-state index in [0.717, 1.165) is 0 Å². The quantitative estimate of drug-likeness (QED) is 0.607. The topological polar surface area (TPSA) is 75.5 Å². The molecule has 16 heavy (non-hydrogen) atoms. The van der Waals surface area contributed by atoms with Crippen molar-refractivity contribution in [2.24, 2.45) is 0 Å². The van der Waals surface area contributed by atoms with Crippen LogP contribution in [0.1, 0.15) is 6.92 Å². The van der Waals surface area contributed by atoms with E-state index in [1.807, 2.05) is 6.92 Å². The summed E-state index contributed by atoms with van der Waals surface area (Å²) in [6.45, 7) is 2.49. The number of nitro benzene ring substituents is 1. The van der Waals surface area contributed by atoms with Gasteiger partial charge in [0.2, 0.25) is 0 Å². The minimum Gasteiger partial charge on any atom is -0.333 e. The summed E-state index contributed by atoms with van der Waals surface area (Å²) in [5.41, 5.74) is 0.698. The molecule has 1 atom stereocenters. The van der Waals surface area contributed by atoms with E-state index >= 15 is 0 Å². The Labute approximate surface area is 92.0 Å². The maximum Gasteiger partial charge on any atom is 0.322 e. The summed E-state index contributed by atoms with van der Waals surface area (Å²) in [6, 6.07) is 5.88. The number of carbonyl (C=O) groups is 1. The first-order chi connectivity index (χ1) is 7.58. The zero-order valence-electron chi connectivity index (χ0n) is 8.71. The number of hydrogen-bond acceptors (Lipinski definition) is 3. The first-order valence-electron chi connectivity index (χ1n) is 4.90. The van der Waals surface area contributed by atoms with E-state index in [-0.39, 0.29) is 17.8 Å².